The van der Waals surface area contributed by atoms with Gasteiger partial charge in [0.25, 0.3) is 6.43 Å². The van der Waals surface area contributed by atoms with E-state index < -0.39 is 27.9 Å². The van der Waals surface area contributed by atoms with Crippen molar-refractivity contribution < 1.29 is 30.4 Å². The van der Waals surface area contributed by atoms with Gasteiger partial charge in [0, 0.05) is 13.1 Å². The molecule has 0 spiro atoms. The first-order valence-electron chi connectivity index (χ1n) is 5.01. The average molecular weight is 281 g/mol. The summed E-state index contributed by atoms with van der Waals surface area (Å²) in [4.78, 5) is 0. The molecule has 1 atom stereocenters. The molecule has 1 rings (SSSR count). The Morgan fingerprint density at radius 2 is 1.47 bits per heavy atom. The summed E-state index contributed by atoms with van der Waals surface area (Å²) in [6.45, 7) is -0.247. The number of halogens is 5. The summed E-state index contributed by atoms with van der Waals surface area (Å²) in [5.41, 5.74) is 0. The number of hydrogen-bond donors (Lipinski definition) is 0. The van der Waals surface area contributed by atoms with E-state index in [1.54, 1.807) is 0 Å². The first-order valence-corrected chi connectivity index (χ1v) is 6.51. The first kappa shape index (κ1) is 14.6. The fourth-order valence-electron chi connectivity index (χ4n) is 1.72. The predicted molar refractivity (Wildman–Crippen MR) is 50.2 cm³/mol. The molecule has 0 aromatic heterocycles. The summed E-state index contributed by atoms with van der Waals surface area (Å²) in [5, 5.41) is -3.62. The van der Waals surface area contributed by atoms with Gasteiger partial charge in [-0.3, -0.25) is 0 Å². The molecular formula is C8H12F5NO2S. The monoisotopic (exact) mass is 281 g/mol. The Morgan fingerprint density at radius 3 is 1.82 bits per heavy atom. The van der Waals surface area contributed by atoms with Crippen LogP contribution in [0.15, 0.2) is 0 Å². The van der Waals surface area contributed by atoms with Gasteiger partial charge in [0.2, 0.25) is 15.3 Å². The van der Waals surface area contributed by atoms with Crippen LogP contribution in [0.1, 0.15) is 19.3 Å². The van der Waals surface area contributed by atoms with Crippen LogP contribution in [0.3, 0.4) is 0 Å². The molecule has 102 valence electrons. The van der Waals surface area contributed by atoms with Gasteiger partial charge in [-0.1, -0.05) is 6.42 Å². The van der Waals surface area contributed by atoms with Crippen molar-refractivity contribution in [2.75, 3.05) is 13.1 Å². The molecule has 0 aromatic rings. The molecule has 3 nitrogen and oxygen atoms in total. The molecule has 1 aliphatic heterocycles. The van der Waals surface area contributed by atoms with Crippen LogP contribution >= 0.6 is 0 Å². The SMILES string of the molecule is O=S(=O)(C(C(F)F)C(F)(F)F)N1CCCCC1. The molecule has 0 saturated carbocycles. The zero-order valence-electron chi connectivity index (χ0n) is 8.75. The highest BCUT2D eigenvalue weighted by molar-refractivity contribution is 7.89. The highest BCUT2D eigenvalue weighted by Gasteiger charge is 2.56. The molecule has 0 bridgehead atoms. The molecular weight excluding hydrogens is 269 g/mol. The summed E-state index contributed by atoms with van der Waals surface area (Å²) < 4.78 is 85.2. The van der Waals surface area contributed by atoms with E-state index in [9.17, 15) is 30.4 Å². The Morgan fingerprint density at radius 1 is 1.00 bits per heavy atom. The third-order valence-corrected chi connectivity index (χ3v) is 4.75. The molecule has 9 heteroatoms. The molecule has 17 heavy (non-hydrogen) atoms. The lowest BCUT2D eigenvalue weighted by Crippen LogP contribution is -2.51. The minimum Gasteiger partial charge on any atom is -0.211 e. The first-order chi connectivity index (χ1) is 7.67. The number of hydrogen-bond acceptors (Lipinski definition) is 2. The molecule has 1 saturated heterocycles. The summed E-state index contributed by atoms with van der Waals surface area (Å²) in [6, 6.07) is 0. The maximum atomic E-state index is 12.3. The molecule has 0 aromatic carbocycles. The largest absolute Gasteiger partial charge is 0.412 e. The normalized spacial score (nSPS) is 21.8. The Kier molecular flexibility index (Phi) is 4.34. The molecule has 0 amide bonds. The van der Waals surface area contributed by atoms with E-state index in [0.29, 0.717) is 23.6 Å². The highest BCUT2D eigenvalue weighted by Crippen LogP contribution is 2.33. The second-order valence-corrected chi connectivity index (χ2v) is 5.86. The van der Waals surface area contributed by atoms with Crippen molar-refractivity contribution in [1.29, 1.82) is 0 Å². The van der Waals surface area contributed by atoms with Crippen LogP contribution in [0.2, 0.25) is 0 Å². The third kappa shape index (κ3) is 3.27. The predicted octanol–water partition coefficient (Wildman–Crippen LogP) is 2.00. The highest BCUT2D eigenvalue weighted by atomic mass is 32.2. The second kappa shape index (κ2) is 5.05. The van der Waals surface area contributed by atoms with Gasteiger partial charge in [-0.05, 0) is 12.8 Å². The van der Waals surface area contributed by atoms with Crippen LogP contribution in [0.25, 0.3) is 0 Å². The van der Waals surface area contributed by atoms with Crippen molar-refractivity contribution >= 4 is 10.0 Å². The van der Waals surface area contributed by atoms with E-state index in [1.807, 2.05) is 0 Å². The fourth-order valence-corrected chi connectivity index (χ4v) is 3.41. The number of sulfonamides is 1. The number of piperidine rings is 1. The molecule has 1 aliphatic rings. The molecule has 0 N–H and O–H groups in total. The van der Waals surface area contributed by atoms with Crippen LogP contribution in [0.4, 0.5) is 22.0 Å². The van der Waals surface area contributed by atoms with Gasteiger partial charge in [-0.2, -0.15) is 13.2 Å². The standard InChI is InChI=1S/C8H12F5NO2S/c9-7(10)6(8(11,12)13)17(15,16)14-4-2-1-3-5-14/h6-7H,1-5H2. The third-order valence-electron chi connectivity index (χ3n) is 2.55. The van der Waals surface area contributed by atoms with Crippen molar-refractivity contribution in [3.05, 3.63) is 0 Å². The summed E-state index contributed by atoms with van der Waals surface area (Å²) >= 11 is 0. The van der Waals surface area contributed by atoms with Crippen LogP contribution in [0, 0.1) is 0 Å². The minimum atomic E-state index is -5.45. The zero-order chi connectivity index (χ0) is 13.3. The summed E-state index contributed by atoms with van der Waals surface area (Å²) in [6.07, 6.45) is -7.94. The molecule has 1 heterocycles. The van der Waals surface area contributed by atoms with Gasteiger partial charge in [-0.25, -0.2) is 21.5 Å². The smallest absolute Gasteiger partial charge is 0.211 e. The molecule has 0 radical (unpaired) electrons. The van der Waals surface area contributed by atoms with Gasteiger partial charge in [0.05, 0.1) is 0 Å². The number of alkyl halides is 5. The maximum Gasteiger partial charge on any atom is 0.412 e. The topological polar surface area (TPSA) is 37.4 Å². The maximum absolute atomic E-state index is 12.3. The number of rotatable bonds is 3. The van der Waals surface area contributed by atoms with E-state index in [4.69, 9.17) is 0 Å². The van der Waals surface area contributed by atoms with Crippen molar-refractivity contribution in [3.63, 3.8) is 0 Å². The van der Waals surface area contributed by atoms with Crippen molar-refractivity contribution in [2.45, 2.75) is 37.1 Å². The van der Waals surface area contributed by atoms with Crippen molar-refractivity contribution in [3.8, 4) is 0 Å². The quantitative estimate of drug-likeness (QED) is 0.742. The molecule has 0 aliphatic carbocycles. The van der Waals surface area contributed by atoms with Crippen LogP contribution in [-0.2, 0) is 10.0 Å². The van der Waals surface area contributed by atoms with Gasteiger partial charge in [-0.15, -0.1) is 0 Å². The van der Waals surface area contributed by atoms with Gasteiger partial charge in [0.15, 0.2) is 0 Å². The van der Waals surface area contributed by atoms with E-state index in [1.165, 1.54) is 0 Å². The second-order valence-electron chi connectivity index (χ2n) is 3.80. The minimum absolute atomic E-state index is 0.123. The van der Waals surface area contributed by atoms with Crippen LogP contribution < -0.4 is 0 Å². The van der Waals surface area contributed by atoms with Gasteiger partial charge >= 0.3 is 6.18 Å². The lowest BCUT2D eigenvalue weighted by molar-refractivity contribution is -0.154. The Balaban J connectivity index is 3.00. The average Bonchev–Trinajstić information content (AvgIpc) is 2.15. The Hall–Kier alpha value is -0.440. The van der Waals surface area contributed by atoms with E-state index in [0.717, 1.165) is 0 Å². The number of nitrogens with zero attached hydrogens (tertiary/aromatic N) is 1. The van der Waals surface area contributed by atoms with Crippen LogP contribution in [0.5, 0.6) is 0 Å². The summed E-state index contributed by atoms with van der Waals surface area (Å²) in [7, 11) is -5.02. The molecule has 1 unspecified atom stereocenters. The van der Waals surface area contributed by atoms with E-state index in [-0.39, 0.29) is 13.1 Å². The molecule has 1 fully saturated rings. The van der Waals surface area contributed by atoms with E-state index >= 15 is 0 Å². The Labute approximate surface area is 95.6 Å². The lowest BCUT2D eigenvalue weighted by atomic mass is 10.2. The van der Waals surface area contributed by atoms with E-state index in [2.05, 4.69) is 0 Å². The van der Waals surface area contributed by atoms with Gasteiger partial charge in [0.1, 0.15) is 0 Å². The fraction of sp³-hybridized carbons (Fsp3) is 1.00. The van der Waals surface area contributed by atoms with Crippen LogP contribution in [-0.4, -0.2) is 43.7 Å². The van der Waals surface area contributed by atoms with Gasteiger partial charge < -0.3 is 0 Å². The summed E-state index contributed by atoms with van der Waals surface area (Å²) in [5.74, 6) is 0. The van der Waals surface area contributed by atoms with Crippen molar-refractivity contribution in [1.82, 2.24) is 4.31 Å². The van der Waals surface area contributed by atoms with Crippen molar-refractivity contribution in [2.24, 2.45) is 0 Å². The lowest BCUT2D eigenvalue weighted by Gasteiger charge is -2.30. The zero-order valence-corrected chi connectivity index (χ0v) is 9.57. The Bertz CT molecular complexity index is 347.